The van der Waals surface area contributed by atoms with E-state index in [-0.39, 0.29) is 11.9 Å². The number of hydrogen-bond acceptors (Lipinski definition) is 2. The second-order valence-corrected chi connectivity index (χ2v) is 5.11. The molecule has 2 aliphatic carbocycles. The maximum atomic E-state index is 11.8. The number of esters is 1. The van der Waals surface area contributed by atoms with E-state index in [1.165, 1.54) is 44.1 Å². The van der Waals surface area contributed by atoms with Crippen LogP contribution in [0.3, 0.4) is 0 Å². The van der Waals surface area contributed by atoms with E-state index in [1.54, 1.807) is 6.26 Å². The highest BCUT2D eigenvalue weighted by Crippen LogP contribution is 2.26. The quantitative estimate of drug-likeness (QED) is 0.522. The molecular formula is C14H22O2. The summed E-state index contributed by atoms with van der Waals surface area (Å²) in [5.74, 6) is 0.187. The van der Waals surface area contributed by atoms with Gasteiger partial charge in [0.15, 0.2) is 0 Å². The van der Waals surface area contributed by atoms with Crippen molar-refractivity contribution in [1.29, 1.82) is 0 Å². The summed E-state index contributed by atoms with van der Waals surface area (Å²) in [6, 6.07) is 0. The number of carbonyl (C=O) groups is 1. The van der Waals surface area contributed by atoms with E-state index in [9.17, 15) is 4.79 Å². The molecule has 0 spiro atoms. The zero-order chi connectivity index (χ0) is 11.2. The first-order valence-corrected chi connectivity index (χ1v) is 6.74. The summed E-state index contributed by atoms with van der Waals surface area (Å²) in [6.07, 6.45) is 13.6. The van der Waals surface area contributed by atoms with Gasteiger partial charge < -0.3 is 4.74 Å². The minimum absolute atomic E-state index is 0.0118. The number of allylic oxidation sites excluding steroid dienone is 1. The van der Waals surface area contributed by atoms with Crippen LogP contribution in [0.5, 0.6) is 0 Å². The van der Waals surface area contributed by atoms with Crippen LogP contribution in [0.4, 0.5) is 0 Å². The van der Waals surface area contributed by atoms with Crippen LogP contribution in [0.15, 0.2) is 11.8 Å². The molecule has 0 aromatic carbocycles. The average molecular weight is 222 g/mol. The van der Waals surface area contributed by atoms with Crippen molar-refractivity contribution in [3.8, 4) is 0 Å². The molecule has 0 aromatic heterocycles. The minimum Gasteiger partial charge on any atom is -0.434 e. The zero-order valence-corrected chi connectivity index (χ0v) is 10.0. The van der Waals surface area contributed by atoms with Gasteiger partial charge in [0.05, 0.1) is 12.2 Å². The van der Waals surface area contributed by atoms with Gasteiger partial charge >= 0.3 is 5.97 Å². The molecule has 0 heterocycles. The van der Waals surface area contributed by atoms with Crippen molar-refractivity contribution in [3.63, 3.8) is 0 Å². The van der Waals surface area contributed by atoms with Gasteiger partial charge in [-0.2, -0.15) is 0 Å². The molecule has 0 N–H and O–H groups in total. The molecule has 0 radical (unpaired) electrons. The van der Waals surface area contributed by atoms with Gasteiger partial charge in [-0.15, -0.1) is 0 Å². The van der Waals surface area contributed by atoms with Crippen LogP contribution in [0.25, 0.3) is 0 Å². The first-order valence-electron chi connectivity index (χ1n) is 6.74. The van der Waals surface area contributed by atoms with Crippen LogP contribution in [0, 0.1) is 5.92 Å². The van der Waals surface area contributed by atoms with E-state index >= 15 is 0 Å². The highest BCUT2D eigenvalue weighted by Gasteiger charge is 2.22. The Labute approximate surface area is 98.1 Å². The van der Waals surface area contributed by atoms with Crippen LogP contribution < -0.4 is 0 Å². The maximum Gasteiger partial charge on any atom is 0.313 e. The largest absolute Gasteiger partial charge is 0.434 e. The van der Waals surface area contributed by atoms with E-state index in [0.717, 1.165) is 25.7 Å². The molecule has 2 rings (SSSR count). The van der Waals surface area contributed by atoms with Gasteiger partial charge in [-0.3, -0.25) is 4.79 Å². The maximum absolute atomic E-state index is 11.8. The summed E-state index contributed by atoms with van der Waals surface area (Å²) in [6.45, 7) is 0. The predicted octanol–water partition coefficient (Wildman–Crippen LogP) is 3.96. The molecule has 2 nitrogen and oxygen atoms in total. The molecule has 16 heavy (non-hydrogen) atoms. The lowest BCUT2D eigenvalue weighted by atomic mass is 9.89. The molecular weight excluding hydrogens is 200 g/mol. The SMILES string of the molecule is O=C(OC=C1CCCCC1)C1CCCCC1. The van der Waals surface area contributed by atoms with Crippen molar-refractivity contribution >= 4 is 5.97 Å². The monoisotopic (exact) mass is 222 g/mol. The Morgan fingerprint density at radius 1 is 1.00 bits per heavy atom. The lowest BCUT2D eigenvalue weighted by Gasteiger charge is -2.19. The second-order valence-electron chi connectivity index (χ2n) is 5.11. The third-order valence-electron chi connectivity index (χ3n) is 3.78. The number of carbonyl (C=O) groups excluding carboxylic acids is 1. The summed E-state index contributed by atoms with van der Waals surface area (Å²) < 4.78 is 5.32. The fourth-order valence-electron chi connectivity index (χ4n) is 2.70. The summed E-state index contributed by atoms with van der Waals surface area (Å²) in [4.78, 5) is 11.8. The molecule has 2 saturated carbocycles. The first kappa shape index (κ1) is 11.7. The van der Waals surface area contributed by atoms with E-state index in [0.29, 0.717) is 0 Å². The molecule has 2 heteroatoms. The molecule has 0 amide bonds. The number of ether oxygens (including phenoxy) is 1. The van der Waals surface area contributed by atoms with Crippen molar-refractivity contribution in [2.75, 3.05) is 0 Å². The number of rotatable bonds is 2. The van der Waals surface area contributed by atoms with Crippen molar-refractivity contribution in [2.45, 2.75) is 64.2 Å². The molecule has 0 atom stereocenters. The van der Waals surface area contributed by atoms with Gasteiger partial charge in [-0.1, -0.05) is 25.7 Å². The molecule has 0 aromatic rings. The van der Waals surface area contributed by atoms with Crippen LogP contribution in [-0.2, 0) is 9.53 Å². The van der Waals surface area contributed by atoms with Crippen LogP contribution in [0.2, 0.25) is 0 Å². The number of hydrogen-bond donors (Lipinski definition) is 0. The Hall–Kier alpha value is -0.790. The molecule has 0 bridgehead atoms. The van der Waals surface area contributed by atoms with Crippen molar-refractivity contribution in [2.24, 2.45) is 5.92 Å². The topological polar surface area (TPSA) is 26.3 Å². The Balaban J connectivity index is 1.77. The van der Waals surface area contributed by atoms with Gasteiger partial charge in [0.1, 0.15) is 0 Å². The standard InChI is InChI=1S/C14H22O2/c15-14(13-9-5-2-6-10-13)16-11-12-7-3-1-4-8-12/h11,13H,1-10H2. The normalized spacial score (nSPS) is 22.9. The predicted molar refractivity (Wildman–Crippen MR) is 63.8 cm³/mol. The molecule has 0 saturated heterocycles. The lowest BCUT2D eigenvalue weighted by Crippen LogP contribution is -2.18. The smallest absolute Gasteiger partial charge is 0.313 e. The molecule has 0 unspecified atom stereocenters. The molecule has 0 aliphatic heterocycles. The van der Waals surface area contributed by atoms with Crippen molar-refractivity contribution < 1.29 is 9.53 Å². The fourth-order valence-corrected chi connectivity index (χ4v) is 2.70. The van der Waals surface area contributed by atoms with Gasteiger partial charge in [-0.05, 0) is 44.1 Å². The zero-order valence-electron chi connectivity index (χ0n) is 10.0. The lowest BCUT2D eigenvalue weighted by molar-refractivity contribution is -0.143. The van der Waals surface area contributed by atoms with Gasteiger partial charge in [0.25, 0.3) is 0 Å². The molecule has 90 valence electrons. The highest BCUT2D eigenvalue weighted by molar-refractivity contribution is 5.73. The Bertz CT molecular complexity index is 254. The van der Waals surface area contributed by atoms with Crippen LogP contribution in [0.1, 0.15) is 64.2 Å². The minimum atomic E-state index is 0.0118. The van der Waals surface area contributed by atoms with E-state index in [4.69, 9.17) is 4.74 Å². The summed E-state index contributed by atoms with van der Waals surface area (Å²) in [7, 11) is 0. The van der Waals surface area contributed by atoms with E-state index in [2.05, 4.69) is 0 Å². The van der Waals surface area contributed by atoms with Crippen molar-refractivity contribution in [3.05, 3.63) is 11.8 Å². The highest BCUT2D eigenvalue weighted by atomic mass is 16.5. The van der Waals surface area contributed by atoms with E-state index in [1.807, 2.05) is 0 Å². The molecule has 2 aliphatic rings. The van der Waals surface area contributed by atoms with Crippen molar-refractivity contribution in [1.82, 2.24) is 0 Å². The Morgan fingerprint density at radius 3 is 2.31 bits per heavy atom. The Morgan fingerprint density at radius 2 is 1.62 bits per heavy atom. The second kappa shape index (κ2) is 6.07. The fraction of sp³-hybridized carbons (Fsp3) is 0.786. The molecule has 2 fully saturated rings. The van der Waals surface area contributed by atoms with Gasteiger partial charge in [-0.25, -0.2) is 0 Å². The summed E-state index contributed by atoms with van der Waals surface area (Å²) in [5.41, 5.74) is 1.33. The van der Waals surface area contributed by atoms with Gasteiger partial charge in [0, 0.05) is 0 Å². The third-order valence-corrected chi connectivity index (χ3v) is 3.78. The van der Waals surface area contributed by atoms with Gasteiger partial charge in [0.2, 0.25) is 0 Å². The van der Waals surface area contributed by atoms with Crippen LogP contribution in [-0.4, -0.2) is 5.97 Å². The first-order chi connectivity index (χ1) is 7.86. The third kappa shape index (κ3) is 3.36. The van der Waals surface area contributed by atoms with Crippen LogP contribution >= 0.6 is 0 Å². The Kier molecular flexibility index (Phi) is 4.44. The summed E-state index contributed by atoms with van der Waals surface area (Å²) in [5, 5.41) is 0. The summed E-state index contributed by atoms with van der Waals surface area (Å²) >= 11 is 0. The average Bonchev–Trinajstić information content (AvgIpc) is 2.38. The van der Waals surface area contributed by atoms with E-state index < -0.39 is 0 Å².